The van der Waals surface area contributed by atoms with Crippen LogP contribution < -0.4 is 4.90 Å². The SMILES string of the molecule is CN(CC1CC1)c1nc2c(-c3noc(C4CC4)n3)ncn2c2ccc(F)cc12. The summed E-state index contributed by atoms with van der Waals surface area (Å²) in [6.07, 6.45) is 6.36. The van der Waals surface area contributed by atoms with E-state index in [4.69, 9.17) is 9.51 Å². The second-order valence-electron chi connectivity index (χ2n) is 7.94. The Morgan fingerprint density at radius 2 is 2.07 bits per heavy atom. The van der Waals surface area contributed by atoms with Gasteiger partial charge in [0.15, 0.2) is 11.3 Å². The number of anilines is 1. The second kappa shape index (κ2) is 5.73. The summed E-state index contributed by atoms with van der Waals surface area (Å²) in [4.78, 5) is 16.0. The number of halogens is 1. The topological polar surface area (TPSA) is 72.3 Å². The van der Waals surface area contributed by atoms with E-state index in [0.29, 0.717) is 34.9 Å². The lowest BCUT2D eigenvalue weighted by Gasteiger charge is -2.20. The highest BCUT2D eigenvalue weighted by atomic mass is 19.1. The number of rotatable bonds is 5. The number of nitrogens with zero attached hydrogens (tertiary/aromatic N) is 6. The van der Waals surface area contributed by atoms with Crippen molar-refractivity contribution in [1.29, 1.82) is 0 Å². The predicted octanol–water partition coefficient (Wildman–Crippen LogP) is 3.80. The Kier molecular flexibility index (Phi) is 3.27. The Labute approximate surface area is 160 Å². The van der Waals surface area contributed by atoms with E-state index >= 15 is 0 Å². The first-order valence-corrected chi connectivity index (χ1v) is 9.69. The van der Waals surface area contributed by atoms with Gasteiger partial charge in [0.05, 0.1) is 5.52 Å². The van der Waals surface area contributed by atoms with Crippen molar-refractivity contribution in [1.82, 2.24) is 24.5 Å². The summed E-state index contributed by atoms with van der Waals surface area (Å²) in [6, 6.07) is 4.77. The van der Waals surface area contributed by atoms with Gasteiger partial charge in [0.1, 0.15) is 18.0 Å². The van der Waals surface area contributed by atoms with Gasteiger partial charge in [-0.15, -0.1) is 0 Å². The Bertz CT molecular complexity index is 1210. The highest BCUT2D eigenvalue weighted by molar-refractivity contribution is 5.93. The zero-order valence-corrected chi connectivity index (χ0v) is 15.5. The third-order valence-electron chi connectivity index (χ3n) is 5.58. The Balaban J connectivity index is 1.55. The second-order valence-corrected chi connectivity index (χ2v) is 7.94. The van der Waals surface area contributed by atoms with Gasteiger partial charge < -0.3 is 9.42 Å². The van der Waals surface area contributed by atoms with Crippen LogP contribution in [-0.2, 0) is 0 Å². The first-order chi connectivity index (χ1) is 13.7. The lowest BCUT2D eigenvalue weighted by molar-refractivity contribution is 0.380. The summed E-state index contributed by atoms with van der Waals surface area (Å²) in [5, 5.41) is 4.89. The number of hydrogen-bond donors (Lipinski definition) is 0. The molecule has 0 saturated heterocycles. The van der Waals surface area contributed by atoms with Crippen LogP contribution in [0.1, 0.15) is 37.5 Å². The van der Waals surface area contributed by atoms with Crippen LogP contribution in [0.5, 0.6) is 0 Å². The molecular formula is C20H19FN6O. The van der Waals surface area contributed by atoms with Crippen LogP contribution in [0.15, 0.2) is 29.0 Å². The summed E-state index contributed by atoms with van der Waals surface area (Å²) in [7, 11) is 2.01. The molecule has 0 amide bonds. The van der Waals surface area contributed by atoms with Gasteiger partial charge in [0.25, 0.3) is 0 Å². The van der Waals surface area contributed by atoms with Crippen molar-refractivity contribution in [2.75, 3.05) is 18.5 Å². The molecule has 2 aliphatic rings. The number of imidazole rings is 1. The molecule has 0 aliphatic heterocycles. The summed E-state index contributed by atoms with van der Waals surface area (Å²) >= 11 is 0. The van der Waals surface area contributed by atoms with Crippen LogP contribution in [0.4, 0.5) is 10.2 Å². The standard InChI is InChI=1S/C20H19FN6O/c1-26(9-11-2-3-11)18-14-8-13(21)6-7-15(14)27-10-22-16(19(27)24-18)17-23-20(28-25-17)12-4-5-12/h6-8,10-12H,2-5,9H2,1H3. The van der Waals surface area contributed by atoms with Crippen molar-refractivity contribution in [3.8, 4) is 11.5 Å². The van der Waals surface area contributed by atoms with Crippen molar-refractivity contribution in [3.05, 3.63) is 36.2 Å². The maximum Gasteiger partial charge on any atom is 0.230 e. The molecule has 0 bridgehead atoms. The minimum absolute atomic E-state index is 0.276. The van der Waals surface area contributed by atoms with Gasteiger partial charge in [-0.25, -0.2) is 14.4 Å². The molecule has 4 aromatic rings. The van der Waals surface area contributed by atoms with E-state index in [1.807, 2.05) is 11.4 Å². The quantitative estimate of drug-likeness (QED) is 0.526. The minimum atomic E-state index is -0.276. The fourth-order valence-electron chi connectivity index (χ4n) is 3.73. The molecule has 142 valence electrons. The predicted molar refractivity (Wildman–Crippen MR) is 102 cm³/mol. The molecule has 6 rings (SSSR count). The number of hydrogen-bond acceptors (Lipinski definition) is 6. The zero-order valence-electron chi connectivity index (χ0n) is 15.5. The third kappa shape index (κ3) is 2.55. The van der Waals surface area contributed by atoms with E-state index in [9.17, 15) is 4.39 Å². The molecule has 1 aromatic carbocycles. The Morgan fingerprint density at radius 1 is 1.21 bits per heavy atom. The van der Waals surface area contributed by atoms with E-state index in [1.54, 1.807) is 18.5 Å². The number of aromatic nitrogens is 5. The summed E-state index contributed by atoms with van der Waals surface area (Å²) in [5.41, 5.74) is 2.09. The molecule has 2 saturated carbocycles. The molecule has 3 aromatic heterocycles. The molecule has 0 unspecified atom stereocenters. The molecule has 0 atom stereocenters. The molecule has 0 N–H and O–H groups in total. The number of benzene rings is 1. The maximum absolute atomic E-state index is 14.0. The molecule has 28 heavy (non-hydrogen) atoms. The first-order valence-electron chi connectivity index (χ1n) is 9.69. The van der Waals surface area contributed by atoms with Gasteiger partial charge in [-0.05, 0) is 49.8 Å². The van der Waals surface area contributed by atoms with Crippen LogP contribution >= 0.6 is 0 Å². The van der Waals surface area contributed by atoms with Gasteiger partial charge in [-0.3, -0.25) is 4.40 Å². The molecular weight excluding hydrogens is 359 g/mol. The minimum Gasteiger partial charge on any atom is -0.359 e. The van der Waals surface area contributed by atoms with Gasteiger partial charge >= 0.3 is 0 Å². The highest BCUT2D eigenvalue weighted by Gasteiger charge is 2.31. The maximum atomic E-state index is 14.0. The fourth-order valence-corrected chi connectivity index (χ4v) is 3.73. The lowest BCUT2D eigenvalue weighted by atomic mass is 10.2. The zero-order chi connectivity index (χ0) is 18.8. The van der Waals surface area contributed by atoms with E-state index in [-0.39, 0.29) is 5.82 Å². The van der Waals surface area contributed by atoms with Crippen molar-refractivity contribution in [3.63, 3.8) is 0 Å². The fraction of sp³-hybridized carbons (Fsp3) is 0.400. The first kappa shape index (κ1) is 16.0. The van der Waals surface area contributed by atoms with Crippen molar-refractivity contribution < 1.29 is 8.91 Å². The average Bonchev–Trinajstić information content (AvgIpc) is 3.61. The van der Waals surface area contributed by atoms with E-state index in [1.165, 1.54) is 18.9 Å². The average molecular weight is 378 g/mol. The van der Waals surface area contributed by atoms with Crippen LogP contribution in [0, 0.1) is 11.7 Å². The molecule has 3 heterocycles. The summed E-state index contributed by atoms with van der Waals surface area (Å²) in [6.45, 7) is 0.909. The van der Waals surface area contributed by atoms with Gasteiger partial charge in [0, 0.05) is 24.9 Å². The molecule has 8 heteroatoms. The van der Waals surface area contributed by atoms with Crippen LogP contribution in [0.3, 0.4) is 0 Å². The van der Waals surface area contributed by atoms with E-state index in [2.05, 4.69) is 20.0 Å². The number of fused-ring (bicyclic) bond motifs is 3. The van der Waals surface area contributed by atoms with Gasteiger partial charge in [-0.1, -0.05) is 5.16 Å². The van der Waals surface area contributed by atoms with E-state index in [0.717, 1.165) is 36.1 Å². The van der Waals surface area contributed by atoms with Crippen LogP contribution in [0.25, 0.3) is 28.1 Å². The summed E-state index contributed by atoms with van der Waals surface area (Å²) in [5.74, 6) is 2.67. The Morgan fingerprint density at radius 3 is 2.86 bits per heavy atom. The van der Waals surface area contributed by atoms with E-state index < -0.39 is 0 Å². The van der Waals surface area contributed by atoms with Crippen molar-refractivity contribution in [2.24, 2.45) is 5.92 Å². The lowest BCUT2D eigenvalue weighted by Crippen LogP contribution is -2.22. The van der Waals surface area contributed by atoms with Gasteiger partial charge in [-0.2, -0.15) is 4.98 Å². The van der Waals surface area contributed by atoms with Crippen molar-refractivity contribution in [2.45, 2.75) is 31.6 Å². The smallest absolute Gasteiger partial charge is 0.230 e. The Hall–Kier alpha value is -3.03. The largest absolute Gasteiger partial charge is 0.359 e. The monoisotopic (exact) mass is 378 g/mol. The van der Waals surface area contributed by atoms with Crippen LogP contribution in [0.2, 0.25) is 0 Å². The third-order valence-corrected chi connectivity index (χ3v) is 5.58. The normalized spacial score (nSPS) is 16.9. The summed E-state index contributed by atoms with van der Waals surface area (Å²) < 4.78 is 21.3. The molecule has 0 spiro atoms. The highest BCUT2D eigenvalue weighted by Crippen LogP contribution is 2.40. The molecule has 2 aliphatic carbocycles. The van der Waals surface area contributed by atoms with Gasteiger partial charge in [0.2, 0.25) is 11.7 Å². The van der Waals surface area contributed by atoms with Crippen molar-refractivity contribution >= 4 is 22.4 Å². The molecule has 7 nitrogen and oxygen atoms in total. The molecule has 0 radical (unpaired) electrons. The van der Waals surface area contributed by atoms with Crippen LogP contribution in [-0.4, -0.2) is 38.1 Å². The molecule has 2 fully saturated rings.